The lowest BCUT2D eigenvalue weighted by Gasteiger charge is -2.22. The van der Waals surface area contributed by atoms with Gasteiger partial charge in [-0.25, -0.2) is 0 Å². The second kappa shape index (κ2) is 9.18. The van der Waals surface area contributed by atoms with Crippen LogP contribution in [-0.2, 0) is 19.1 Å². The molecule has 5 nitrogen and oxygen atoms in total. The molecule has 0 unspecified atom stereocenters. The second-order valence-electron chi connectivity index (χ2n) is 8.93. The quantitative estimate of drug-likeness (QED) is 0.379. The minimum atomic E-state index is -4.43. The van der Waals surface area contributed by atoms with Gasteiger partial charge in [-0.3, -0.25) is 9.59 Å². The summed E-state index contributed by atoms with van der Waals surface area (Å²) in [5.74, 6) is -0.390. The number of halogens is 3. The Morgan fingerprint density at radius 2 is 1.83 bits per heavy atom. The molecule has 0 saturated heterocycles. The molecular formula is C28H24F3N3O2. The lowest BCUT2D eigenvalue weighted by Crippen LogP contribution is -2.30. The van der Waals surface area contributed by atoms with Crippen LogP contribution in [0.15, 0.2) is 66.7 Å². The van der Waals surface area contributed by atoms with Crippen LogP contribution in [0.4, 0.5) is 13.2 Å². The van der Waals surface area contributed by atoms with Crippen LogP contribution in [0.2, 0.25) is 0 Å². The van der Waals surface area contributed by atoms with Gasteiger partial charge in [0, 0.05) is 36.6 Å². The zero-order chi connectivity index (χ0) is 25.4. The minimum absolute atomic E-state index is 0.120. The van der Waals surface area contributed by atoms with Crippen molar-refractivity contribution in [3.63, 3.8) is 0 Å². The number of amides is 2. The van der Waals surface area contributed by atoms with Gasteiger partial charge in [-0.2, -0.15) is 13.2 Å². The standard InChI is InChI=1S/C28H24F3N3O2/c1-32-26(35)25-15-23-21(8-3-9-24(23)33-25)19-10-11-22-18(14-19)6-4-12-34(27(22)36)16-17-5-2-7-20(13-17)28(29,30)31/h2-3,5,7-11,13-15,33H,4,6,12,16H2,1H3,(H,32,35). The summed E-state index contributed by atoms with van der Waals surface area (Å²) in [6, 6.07) is 18.4. The number of H-pyrrole nitrogens is 1. The third-order valence-corrected chi connectivity index (χ3v) is 6.57. The van der Waals surface area contributed by atoms with E-state index in [4.69, 9.17) is 0 Å². The molecular weight excluding hydrogens is 467 g/mol. The van der Waals surface area contributed by atoms with Gasteiger partial charge in [-0.05, 0) is 65.4 Å². The van der Waals surface area contributed by atoms with Gasteiger partial charge < -0.3 is 15.2 Å². The van der Waals surface area contributed by atoms with Crippen molar-refractivity contribution in [1.82, 2.24) is 15.2 Å². The molecule has 1 aromatic heterocycles. The lowest BCUT2D eigenvalue weighted by molar-refractivity contribution is -0.137. The highest BCUT2D eigenvalue weighted by atomic mass is 19.4. The number of aryl methyl sites for hydroxylation is 1. The molecule has 0 atom stereocenters. The van der Waals surface area contributed by atoms with Crippen molar-refractivity contribution in [2.24, 2.45) is 0 Å². The van der Waals surface area contributed by atoms with E-state index in [0.29, 0.717) is 36.2 Å². The summed E-state index contributed by atoms with van der Waals surface area (Å²) in [4.78, 5) is 30.2. The van der Waals surface area contributed by atoms with Gasteiger partial charge in [0.05, 0.1) is 5.56 Å². The molecule has 8 heteroatoms. The van der Waals surface area contributed by atoms with Gasteiger partial charge >= 0.3 is 6.18 Å². The van der Waals surface area contributed by atoms with Crippen LogP contribution in [0.25, 0.3) is 22.0 Å². The Kier molecular flexibility index (Phi) is 6.04. The zero-order valence-electron chi connectivity index (χ0n) is 19.6. The van der Waals surface area contributed by atoms with E-state index in [9.17, 15) is 22.8 Å². The number of aromatic nitrogens is 1. The van der Waals surface area contributed by atoms with Crippen LogP contribution in [-0.4, -0.2) is 35.3 Å². The van der Waals surface area contributed by atoms with Gasteiger partial charge in [-0.15, -0.1) is 0 Å². The molecule has 3 aromatic carbocycles. The van der Waals surface area contributed by atoms with E-state index >= 15 is 0 Å². The number of nitrogens with one attached hydrogen (secondary N) is 2. The highest BCUT2D eigenvalue weighted by molar-refractivity contribution is 6.03. The molecule has 2 amide bonds. The van der Waals surface area contributed by atoms with Crippen molar-refractivity contribution in [3.05, 3.63) is 94.7 Å². The second-order valence-corrected chi connectivity index (χ2v) is 8.93. The molecule has 0 bridgehead atoms. The van der Waals surface area contributed by atoms with Gasteiger partial charge in [0.1, 0.15) is 5.69 Å². The average molecular weight is 492 g/mol. The number of aromatic amines is 1. The maximum Gasteiger partial charge on any atom is 0.416 e. The van der Waals surface area contributed by atoms with E-state index in [0.717, 1.165) is 39.7 Å². The molecule has 0 radical (unpaired) electrons. The predicted molar refractivity (Wildman–Crippen MR) is 132 cm³/mol. The smallest absolute Gasteiger partial charge is 0.354 e. The Bertz CT molecular complexity index is 1470. The number of rotatable bonds is 4. The molecule has 1 aliphatic rings. The summed E-state index contributed by atoms with van der Waals surface area (Å²) in [6.07, 6.45) is -3.04. The van der Waals surface area contributed by atoms with Crippen molar-refractivity contribution in [2.75, 3.05) is 13.6 Å². The number of carbonyl (C=O) groups excluding carboxylic acids is 2. The van der Waals surface area contributed by atoms with E-state index in [1.165, 1.54) is 6.07 Å². The minimum Gasteiger partial charge on any atom is -0.354 e. The van der Waals surface area contributed by atoms with Crippen molar-refractivity contribution >= 4 is 22.7 Å². The summed E-state index contributed by atoms with van der Waals surface area (Å²) in [6.45, 7) is 0.580. The third-order valence-electron chi connectivity index (χ3n) is 6.57. The highest BCUT2D eigenvalue weighted by Gasteiger charge is 2.31. The fourth-order valence-electron chi connectivity index (χ4n) is 4.79. The van der Waals surface area contributed by atoms with E-state index < -0.39 is 11.7 Å². The third kappa shape index (κ3) is 4.46. The molecule has 184 valence electrons. The Morgan fingerprint density at radius 3 is 2.61 bits per heavy atom. The Balaban J connectivity index is 1.45. The van der Waals surface area contributed by atoms with Crippen molar-refractivity contribution in [1.29, 1.82) is 0 Å². The molecule has 4 aromatic rings. The van der Waals surface area contributed by atoms with Crippen molar-refractivity contribution in [2.45, 2.75) is 25.6 Å². The first-order valence-corrected chi connectivity index (χ1v) is 11.7. The fourth-order valence-corrected chi connectivity index (χ4v) is 4.79. The zero-order valence-corrected chi connectivity index (χ0v) is 19.6. The molecule has 5 rings (SSSR count). The molecule has 2 N–H and O–H groups in total. The number of alkyl halides is 3. The van der Waals surface area contributed by atoms with Crippen LogP contribution >= 0.6 is 0 Å². The number of carbonyl (C=O) groups is 2. The van der Waals surface area contributed by atoms with Crippen molar-refractivity contribution < 1.29 is 22.8 Å². The normalized spacial score (nSPS) is 14.0. The van der Waals surface area contributed by atoms with Crippen LogP contribution in [0.3, 0.4) is 0 Å². The Morgan fingerprint density at radius 1 is 1.03 bits per heavy atom. The van der Waals surface area contributed by atoms with Crippen LogP contribution in [0.1, 0.15) is 44.0 Å². The molecule has 0 fully saturated rings. The fraction of sp³-hybridized carbons (Fsp3) is 0.214. The first-order valence-electron chi connectivity index (χ1n) is 11.7. The molecule has 1 aliphatic heterocycles. The topological polar surface area (TPSA) is 65.2 Å². The Labute approximate surface area is 205 Å². The first-order chi connectivity index (χ1) is 17.2. The number of nitrogens with zero attached hydrogens (tertiary/aromatic N) is 1. The summed E-state index contributed by atoms with van der Waals surface area (Å²) >= 11 is 0. The molecule has 0 saturated carbocycles. The van der Waals surface area contributed by atoms with Gasteiger partial charge in [0.25, 0.3) is 11.8 Å². The van der Waals surface area contributed by atoms with Crippen LogP contribution in [0.5, 0.6) is 0 Å². The van der Waals surface area contributed by atoms with Gasteiger partial charge in [0.2, 0.25) is 0 Å². The van der Waals surface area contributed by atoms with Gasteiger partial charge in [-0.1, -0.05) is 36.4 Å². The summed E-state index contributed by atoms with van der Waals surface area (Å²) < 4.78 is 39.4. The number of benzene rings is 3. The lowest BCUT2D eigenvalue weighted by atomic mass is 9.95. The summed E-state index contributed by atoms with van der Waals surface area (Å²) in [7, 11) is 1.58. The average Bonchev–Trinajstić information content (AvgIpc) is 3.25. The molecule has 2 heterocycles. The largest absolute Gasteiger partial charge is 0.416 e. The molecule has 0 spiro atoms. The first kappa shape index (κ1) is 23.7. The van der Waals surface area contributed by atoms with Gasteiger partial charge in [0.15, 0.2) is 0 Å². The maximum atomic E-state index is 13.3. The summed E-state index contributed by atoms with van der Waals surface area (Å²) in [5, 5.41) is 3.52. The highest BCUT2D eigenvalue weighted by Crippen LogP contribution is 2.33. The predicted octanol–water partition coefficient (Wildman–Crippen LogP) is 5.80. The van der Waals surface area contributed by atoms with E-state index in [1.807, 2.05) is 36.4 Å². The van der Waals surface area contributed by atoms with E-state index in [1.54, 1.807) is 24.1 Å². The molecule has 36 heavy (non-hydrogen) atoms. The summed E-state index contributed by atoms with van der Waals surface area (Å²) in [5.41, 5.74) is 4.38. The maximum absolute atomic E-state index is 13.3. The molecule has 0 aliphatic carbocycles. The SMILES string of the molecule is CNC(=O)c1cc2c(-c3ccc4c(c3)CCCN(Cc3cccc(C(F)(F)F)c3)C4=O)cccc2[nH]1. The van der Waals surface area contributed by atoms with E-state index in [-0.39, 0.29) is 18.4 Å². The van der Waals surface area contributed by atoms with Crippen LogP contribution in [0, 0.1) is 0 Å². The van der Waals surface area contributed by atoms with Crippen LogP contribution < -0.4 is 5.32 Å². The van der Waals surface area contributed by atoms with E-state index in [2.05, 4.69) is 10.3 Å². The van der Waals surface area contributed by atoms with Crippen molar-refractivity contribution in [3.8, 4) is 11.1 Å². The Hall–Kier alpha value is -4.07. The number of hydrogen-bond acceptors (Lipinski definition) is 2. The number of fused-ring (bicyclic) bond motifs is 2. The number of hydrogen-bond donors (Lipinski definition) is 2. The monoisotopic (exact) mass is 491 g/mol.